The predicted octanol–water partition coefficient (Wildman–Crippen LogP) is 2.61. The normalized spacial score (nSPS) is 18.8. The Morgan fingerprint density at radius 2 is 1.85 bits per heavy atom. The highest BCUT2D eigenvalue weighted by Crippen LogP contribution is 2.22. The van der Waals surface area contributed by atoms with Crippen molar-refractivity contribution < 1.29 is 14.3 Å². The van der Waals surface area contributed by atoms with Crippen molar-refractivity contribution in [1.29, 1.82) is 0 Å². The van der Waals surface area contributed by atoms with E-state index in [0.717, 1.165) is 5.56 Å². The van der Waals surface area contributed by atoms with Gasteiger partial charge in [0.25, 0.3) is 0 Å². The van der Waals surface area contributed by atoms with Crippen LogP contribution in [-0.4, -0.2) is 37.4 Å². The van der Waals surface area contributed by atoms with Crippen molar-refractivity contribution in [2.75, 3.05) is 20.3 Å². The van der Waals surface area contributed by atoms with Crippen molar-refractivity contribution in [3.05, 3.63) is 35.9 Å². The van der Waals surface area contributed by atoms with Gasteiger partial charge in [-0.2, -0.15) is 0 Å². The lowest BCUT2D eigenvalue weighted by Crippen LogP contribution is -2.35. The number of carbonyl (C=O) groups is 1. The van der Waals surface area contributed by atoms with Gasteiger partial charge in [0.15, 0.2) is 6.29 Å². The van der Waals surface area contributed by atoms with Gasteiger partial charge in [-0.1, -0.05) is 37.3 Å². The number of amides is 1. The Morgan fingerprint density at radius 3 is 2.45 bits per heavy atom. The highest BCUT2D eigenvalue weighted by atomic mass is 16.7. The fraction of sp³-hybridized carbons (Fsp3) is 0.562. The summed E-state index contributed by atoms with van der Waals surface area (Å²) >= 11 is 0. The van der Waals surface area contributed by atoms with Crippen molar-refractivity contribution >= 4 is 5.91 Å². The van der Waals surface area contributed by atoms with E-state index in [1.807, 2.05) is 51.2 Å². The van der Waals surface area contributed by atoms with E-state index in [-0.39, 0.29) is 24.2 Å². The van der Waals surface area contributed by atoms with Crippen LogP contribution in [0.1, 0.15) is 31.9 Å². The van der Waals surface area contributed by atoms with Crippen LogP contribution in [-0.2, 0) is 14.3 Å². The predicted molar refractivity (Wildman–Crippen MR) is 77.1 cm³/mol. The molecule has 0 N–H and O–H groups in total. The smallest absolute Gasteiger partial charge is 0.225 e. The molecule has 0 aromatic heterocycles. The van der Waals surface area contributed by atoms with Crippen LogP contribution in [0.2, 0.25) is 0 Å². The number of benzene rings is 1. The third-order valence-corrected chi connectivity index (χ3v) is 3.87. The topological polar surface area (TPSA) is 38.8 Å². The highest BCUT2D eigenvalue weighted by molar-refractivity contribution is 5.78. The van der Waals surface area contributed by atoms with Crippen LogP contribution in [0.5, 0.6) is 0 Å². The van der Waals surface area contributed by atoms with Crippen LogP contribution >= 0.6 is 0 Å². The summed E-state index contributed by atoms with van der Waals surface area (Å²) in [6.45, 7) is 5.23. The lowest BCUT2D eigenvalue weighted by atomic mass is 10.0. The first-order chi connectivity index (χ1) is 9.59. The minimum absolute atomic E-state index is 0.0663. The minimum Gasteiger partial charge on any atom is -0.350 e. The third kappa shape index (κ3) is 3.58. The summed E-state index contributed by atoms with van der Waals surface area (Å²) in [6, 6.07) is 10.1. The van der Waals surface area contributed by atoms with E-state index in [9.17, 15) is 4.79 Å². The molecule has 110 valence electrons. The van der Waals surface area contributed by atoms with Crippen LogP contribution in [0.15, 0.2) is 30.3 Å². The van der Waals surface area contributed by atoms with Gasteiger partial charge >= 0.3 is 0 Å². The van der Waals surface area contributed by atoms with Gasteiger partial charge in [-0.3, -0.25) is 4.79 Å². The van der Waals surface area contributed by atoms with Crippen LogP contribution in [0, 0.1) is 5.92 Å². The van der Waals surface area contributed by atoms with Crippen molar-refractivity contribution in [3.63, 3.8) is 0 Å². The highest BCUT2D eigenvalue weighted by Gasteiger charge is 2.27. The third-order valence-electron chi connectivity index (χ3n) is 3.87. The van der Waals surface area contributed by atoms with Gasteiger partial charge < -0.3 is 14.4 Å². The van der Waals surface area contributed by atoms with Crippen LogP contribution in [0.3, 0.4) is 0 Å². The molecule has 1 aliphatic rings. The molecule has 1 fully saturated rings. The Labute approximate surface area is 120 Å². The van der Waals surface area contributed by atoms with E-state index in [1.165, 1.54) is 0 Å². The average Bonchev–Trinajstić information content (AvgIpc) is 2.98. The van der Waals surface area contributed by atoms with Gasteiger partial charge in [0.05, 0.1) is 19.3 Å². The maximum absolute atomic E-state index is 12.5. The minimum atomic E-state index is -0.227. The van der Waals surface area contributed by atoms with Gasteiger partial charge in [0, 0.05) is 19.4 Å². The molecule has 2 rings (SSSR count). The molecule has 1 aliphatic heterocycles. The first kappa shape index (κ1) is 15.0. The quantitative estimate of drug-likeness (QED) is 0.830. The molecule has 0 aliphatic carbocycles. The fourth-order valence-electron chi connectivity index (χ4n) is 2.43. The Bertz CT molecular complexity index is 429. The van der Waals surface area contributed by atoms with Gasteiger partial charge in [-0.05, 0) is 12.5 Å². The molecule has 2 atom stereocenters. The Balaban J connectivity index is 1.93. The van der Waals surface area contributed by atoms with E-state index in [1.54, 1.807) is 4.90 Å². The van der Waals surface area contributed by atoms with E-state index in [2.05, 4.69) is 0 Å². The molecular weight excluding hydrogens is 254 g/mol. The van der Waals surface area contributed by atoms with E-state index < -0.39 is 0 Å². The number of ether oxygens (including phenoxy) is 2. The van der Waals surface area contributed by atoms with Crippen molar-refractivity contribution in [1.82, 2.24) is 4.90 Å². The zero-order chi connectivity index (χ0) is 14.5. The molecule has 0 radical (unpaired) electrons. The summed E-state index contributed by atoms with van der Waals surface area (Å²) in [5.74, 6) is 0.0229. The summed E-state index contributed by atoms with van der Waals surface area (Å²) < 4.78 is 10.8. The largest absolute Gasteiger partial charge is 0.350 e. The molecule has 0 spiro atoms. The maximum Gasteiger partial charge on any atom is 0.225 e. The molecule has 1 aromatic carbocycles. The number of nitrogens with zero attached hydrogens (tertiary/aromatic N) is 1. The van der Waals surface area contributed by atoms with Gasteiger partial charge in [0.1, 0.15) is 0 Å². The van der Waals surface area contributed by atoms with Gasteiger partial charge in [0.2, 0.25) is 5.91 Å². The standard InChI is InChI=1S/C16H23NO3/c1-12(11-15-19-9-10-20-15)16(18)17(3)13(2)14-7-5-4-6-8-14/h4-8,12-13,15H,9-11H2,1-3H3. The first-order valence-corrected chi connectivity index (χ1v) is 7.14. The number of hydrogen-bond donors (Lipinski definition) is 0. The molecule has 2 unspecified atom stereocenters. The Kier molecular flexibility index (Phi) is 5.15. The summed E-state index contributed by atoms with van der Waals surface area (Å²) in [5.41, 5.74) is 1.14. The zero-order valence-corrected chi connectivity index (χ0v) is 12.4. The zero-order valence-electron chi connectivity index (χ0n) is 12.4. The second-order valence-electron chi connectivity index (χ2n) is 5.34. The molecule has 4 nitrogen and oxygen atoms in total. The van der Waals surface area contributed by atoms with Crippen LogP contribution in [0.25, 0.3) is 0 Å². The first-order valence-electron chi connectivity index (χ1n) is 7.14. The average molecular weight is 277 g/mol. The lowest BCUT2D eigenvalue weighted by molar-refractivity contribution is -0.139. The molecule has 1 amide bonds. The number of rotatable bonds is 5. The van der Waals surface area contributed by atoms with Crippen molar-refractivity contribution in [2.45, 2.75) is 32.6 Å². The van der Waals surface area contributed by atoms with Crippen LogP contribution in [0.4, 0.5) is 0 Å². The molecule has 4 heteroatoms. The maximum atomic E-state index is 12.5. The molecule has 1 saturated heterocycles. The Hall–Kier alpha value is -1.39. The van der Waals surface area contributed by atoms with Gasteiger partial charge in [-0.25, -0.2) is 0 Å². The van der Waals surface area contributed by atoms with E-state index >= 15 is 0 Å². The fourth-order valence-corrected chi connectivity index (χ4v) is 2.43. The second kappa shape index (κ2) is 6.86. The van der Waals surface area contributed by atoms with E-state index in [4.69, 9.17) is 9.47 Å². The van der Waals surface area contributed by atoms with Crippen molar-refractivity contribution in [2.24, 2.45) is 5.92 Å². The molecule has 1 aromatic rings. The SMILES string of the molecule is CC(CC1OCCO1)C(=O)N(C)C(C)c1ccccc1. The monoisotopic (exact) mass is 277 g/mol. The molecular formula is C16H23NO3. The summed E-state index contributed by atoms with van der Waals surface area (Å²) in [7, 11) is 1.85. The summed E-state index contributed by atoms with van der Waals surface area (Å²) in [6.07, 6.45) is 0.388. The molecule has 0 bridgehead atoms. The molecule has 1 heterocycles. The Morgan fingerprint density at radius 1 is 1.25 bits per heavy atom. The molecule has 20 heavy (non-hydrogen) atoms. The van der Waals surface area contributed by atoms with E-state index in [0.29, 0.717) is 19.6 Å². The second-order valence-corrected chi connectivity index (χ2v) is 5.34. The summed E-state index contributed by atoms with van der Waals surface area (Å²) in [5, 5.41) is 0. The van der Waals surface area contributed by atoms with Crippen LogP contribution < -0.4 is 0 Å². The van der Waals surface area contributed by atoms with Crippen molar-refractivity contribution in [3.8, 4) is 0 Å². The van der Waals surface area contributed by atoms with Gasteiger partial charge in [-0.15, -0.1) is 0 Å². The number of carbonyl (C=O) groups excluding carboxylic acids is 1. The summed E-state index contributed by atoms with van der Waals surface area (Å²) in [4.78, 5) is 14.3. The lowest BCUT2D eigenvalue weighted by Gasteiger charge is -2.28. The molecule has 0 saturated carbocycles. The number of hydrogen-bond acceptors (Lipinski definition) is 3.